The average Bonchev–Trinajstić information content (AvgIpc) is 2.76. The lowest BCUT2D eigenvalue weighted by Gasteiger charge is -2.28. The van der Waals surface area contributed by atoms with E-state index in [1.807, 2.05) is 6.92 Å². The molecule has 2 aliphatic rings. The van der Waals surface area contributed by atoms with Crippen LogP contribution in [0.3, 0.4) is 0 Å². The van der Waals surface area contributed by atoms with E-state index in [1.54, 1.807) is 0 Å². The number of nitrogens with one attached hydrogen (secondary N) is 1. The van der Waals surface area contributed by atoms with E-state index in [-0.39, 0.29) is 30.4 Å². The van der Waals surface area contributed by atoms with Crippen molar-refractivity contribution in [2.75, 3.05) is 13.1 Å². The van der Waals surface area contributed by atoms with Gasteiger partial charge in [-0.1, -0.05) is 19.3 Å². The molecule has 18 heavy (non-hydrogen) atoms. The van der Waals surface area contributed by atoms with Crippen LogP contribution in [-0.2, 0) is 4.79 Å². The minimum atomic E-state index is -0.0227. The number of hydrogen-bond donors (Lipinski definition) is 2. The van der Waals surface area contributed by atoms with E-state index >= 15 is 0 Å². The molecule has 1 aliphatic carbocycles. The van der Waals surface area contributed by atoms with Gasteiger partial charge in [-0.25, -0.2) is 0 Å². The van der Waals surface area contributed by atoms with Gasteiger partial charge in [-0.15, -0.1) is 12.4 Å². The number of amides is 1. The van der Waals surface area contributed by atoms with Gasteiger partial charge in [0.05, 0.1) is 6.04 Å². The van der Waals surface area contributed by atoms with Crippen LogP contribution in [0.25, 0.3) is 0 Å². The molecule has 0 spiro atoms. The summed E-state index contributed by atoms with van der Waals surface area (Å²) in [5.74, 6) is 0.186. The lowest BCUT2D eigenvalue weighted by atomic mass is 9.95. The smallest absolute Gasteiger partial charge is 0.237 e. The van der Waals surface area contributed by atoms with Crippen molar-refractivity contribution < 1.29 is 4.79 Å². The van der Waals surface area contributed by atoms with Crippen LogP contribution in [-0.4, -0.2) is 42.0 Å². The van der Waals surface area contributed by atoms with Crippen molar-refractivity contribution in [2.24, 2.45) is 5.73 Å². The predicted octanol–water partition coefficient (Wildman–Crippen LogP) is 1.28. The predicted molar refractivity (Wildman–Crippen MR) is 75.9 cm³/mol. The molecule has 3 N–H and O–H groups in total. The minimum Gasteiger partial charge on any atom is -0.352 e. The van der Waals surface area contributed by atoms with Crippen molar-refractivity contribution in [1.82, 2.24) is 10.2 Å². The monoisotopic (exact) mass is 275 g/mol. The molecule has 1 saturated carbocycles. The summed E-state index contributed by atoms with van der Waals surface area (Å²) in [5.41, 5.74) is 5.87. The van der Waals surface area contributed by atoms with Crippen molar-refractivity contribution >= 4 is 18.3 Å². The zero-order chi connectivity index (χ0) is 12.3. The highest BCUT2D eigenvalue weighted by molar-refractivity contribution is 5.85. The maximum absolute atomic E-state index is 12.1. The van der Waals surface area contributed by atoms with Crippen molar-refractivity contribution in [1.29, 1.82) is 0 Å². The summed E-state index contributed by atoms with van der Waals surface area (Å²) in [6.07, 6.45) is 7.15. The van der Waals surface area contributed by atoms with Gasteiger partial charge >= 0.3 is 0 Å². The van der Waals surface area contributed by atoms with Gasteiger partial charge in [0.15, 0.2) is 0 Å². The first kappa shape index (κ1) is 15.7. The fraction of sp³-hybridized carbons (Fsp3) is 0.923. The number of likely N-dealkylation sites (tertiary alicyclic amines) is 1. The maximum Gasteiger partial charge on any atom is 0.237 e. The zero-order valence-electron chi connectivity index (χ0n) is 11.2. The molecule has 1 heterocycles. The van der Waals surface area contributed by atoms with Crippen LogP contribution in [0.5, 0.6) is 0 Å². The quantitative estimate of drug-likeness (QED) is 0.816. The van der Waals surface area contributed by atoms with Gasteiger partial charge < -0.3 is 11.1 Å². The van der Waals surface area contributed by atoms with Gasteiger partial charge in [-0.3, -0.25) is 9.69 Å². The summed E-state index contributed by atoms with van der Waals surface area (Å²) in [6, 6.07) is 0.639. The van der Waals surface area contributed by atoms with Crippen LogP contribution in [0.4, 0.5) is 0 Å². The van der Waals surface area contributed by atoms with Crippen LogP contribution < -0.4 is 11.1 Å². The Labute approximate surface area is 116 Å². The highest BCUT2D eigenvalue weighted by Crippen LogP contribution is 2.18. The van der Waals surface area contributed by atoms with Gasteiger partial charge in [-0.05, 0) is 26.2 Å². The zero-order valence-corrected chi connectivity index (χ0v) is 12.0. The third kappa shape index (κ3) is 4.11. The van der Waals surface area contributed by atoms with Crippen LogP contribution in [0.15, 0.2) is 0 Å². The molecule has 106 valence electrons. The highest BCUT2D eigenvalue weighted by atomic mass is 35.5. The molecule has 4 nitrogen and oxygen atoms in total. The Hall–Kier alpha value is -0.320. The first-order valence-electron chi connectivity index (χ1n) is 6.97. The molecule has 0 aromatic carbocycles. The molecule has 2 fully saturated rings. The van der Waals surface area contributed by atoms with Crippen LogP contribution in [0, 0.1) is 0 Å². The second kappa shape index (κ2) is 7.31. The van der Waals surface area contributed by atoms with E-state index in [0.29, 0.717) is 6.04 Å². The van der Waals surface area contributed by atoms with Crippen molar-refractivity contribution in [3.8, 4) is 0 Å². The Kier molecular flexibility index (Phi) is 6.39. The Balaban J connectivity index is 0.00000162. The molecule has 2 rings (SSSR count). The van der Waals surface area contributed by atoms with E-state index < -0.39 is 0 Å². The van der Waals surface area contributed by atoms with E-state index in [0.717, 1.165) is 32.4 Å². The fourth-order valence-electron chi connectivity index (χ4n) is 2.90. The second-order valence-electron chi connectivity index (χ2n) is 5.56. The summed E-state index contributed by atoms with van der Waals surface area (Å²) in [6.45, 7) is 3.82. The summed E-state index contributed by atoms with van der Waals surface area (Å²) in [4.78, 5) is 14.3. The Morgan fingerprint density at radius 2 is 1.94 bits per heavy atom. The third-order valence-electron chi connectivity index (χ3n) is 4.13. The maximum atomic E-state index is 12.1. The minimum absolute atomic E-state index is 0. The number of rotatable bonds is 3. The normalized spacial score (nSPS) is 27.6. The van der Waals surface area contributed by atoms with Crippen molar-refractivity contribution in [2.45, 2.75) is 63.6 Å². The number of nitrogens with two attached hydrogens (primary N) is 1. The molecular weight excluding hydrogens is 250 g/mol. The van der Waals surface area contributed by atoms with Gasteiger partial charge in [0, 0.05) is 25.2 Å². The number of halogens is 1. The molecule has 1 saturated heterocycles. The molecule has 5 heteroatoms. The molecular formula is C13H26ClN3O. The molecule has 0 bridgehead atoms. The van der Waals surface area contributed by atoms with Gasteiger partial charge in [0.25, 0.3) is 0 Å². The van der Waals surface area contributed by atoms with E-state index in [1.165, 1.54) is 19.3 Å². The summed E-state index contributed by atoms with van der Waals surface area (Å²) < 4.78 is 0. The van der Waals surface area contributed by atoms with Crippen LogP contribution >= 0.6 is 12.4 Å². The summed E-state index contributed by atoms with van der Waals surface area (Å²) in [7, 11) is 0. The molecule has 0 aromatic rings. The Morgan fingerprint density at radius 1 is 1.28 bits per heavy atom. The summed E-state index contributed by atoms with van der Waals surface area (Å²) in [5, 5.41) is 3.19. The lowest BCUT2D eigenvalue weighted by molar-refractivity contribution is -0.126. The Bertz CT molecular complexity index is 269. The molecule has 2 atom stereocenters. The largest absolute Gasteiger partial charge is 0.352 e. The Morgan fingerprint density at radius 3 is 2.50 bits per heavy atom. The molecule has 1 aliphatic heterocycles. The molecule has 0 radical (unpaired) electrons. The van der Waals surface area contributed by atoms with Crippen LogP contribution in [0.2, 0.25) is 0 Å². The van der Waals surface area contributed by atoms with E-state index in [4.69, 9.17) is 5.73 Å². The fourth-order valence-corrected chi connectivity index (χ4v) is 2.90. The lowest BCUT2D eigenvalue weighted by Crippen LogP contribution is -2.48. The molecule has 1 unspecified atom stereocenters. The topological polar surface area (TPSA) is 58.4 Å². The van der Waals surface area contributed by atoms with Gasteiger partial charge in [0.2, 0.25) is 5.91 Å². The number of carbonyl (C=O) groups excluding carboxylic acids is 1. The molecule has 1 amide bonds. The number of hydrogen-bond acceptors (Lipinski definition) is 3. The second-order valence-corrected chi connectivity index (χ2v) is 5.56. The van der Waals surface area contributed by atoms with Crippen molar-refractivity contribution in [3.63, 3.8) is 0 Å². The van der Waals surface area contributed by atoms with Gasteiger partial charge in [0.1, 0.15) is 0 Å². The van der Waals surface area contributed by atoms with Crippen LogP contribution in [0.1, 0.15) is 45.4 Å². The first-order valence-corrected chi connectivity index (χ1v) is 6.97. The number of nitrogens with zero attached hydrogens (tertiary/aromatic N) is 1. The average molecular weight is 276 g/mol. The van der Waals surface area contributed by atoms with Crippen molar-refractivity contribution in [3.05, 3.63) is 0 Å². The van der Waals surface area contributed by atoms with E-state index in [2.05, 4.69) is 10.2 Å². The summed E-state index contributed by atoms with van der Waals surface area (Å²) >= 11 is 0. The SMILES string of the molecule is CC(C(=O)NC1CCCCC1)N1CC[C@@H](N)C1.Cl. The first-order chi connectivity index (χ1) is 8.16. The highest BCUT2D eigenvalue weighted by Gasteiger charge is 2.28. The standard InChI is InChI=1S/C13H25N3O.ClH/c1-10(16-8-7-11(14)9-16)13(17)15-12-5-3-2-4-6-12;/h10-12H,2-9,14H2,1H3,(H,15,17);1H/t10?,11-;/m1./s1. The number of carbonyl (C=O) groups is 1. The van der Waals surface area contributed by atoms with Gasteiger partial charge in [-0.2, -0.15) is 0 Å². The third-order valence-corrected chi connectivity index (χ3v) is 4.13. The van der Waals surface area contributed by atoms with E-state index in [9.17, 15) is 4.79 Å². The molecule has 0 aromatic heterocycles.